The molecule has 6 nitrogen and oxygen atoms in total. The molecule has 4 rings (SSSR count). The van der Waals surface area contributed by atoms with Crippen molar-refractivity contribution in [2.45, 2.75) is 38.8 Å². The molecular weight excluding hydrogens is 428 g/mol. The third kappa shape index (κ3) is 4.44. The predicted octanol–water partition coefficient (Wildman–Crippen LogP) is 5.01. The number of Topliss-reactive ketones (excluding diaryl/α,β-unsaturated/α-hetero) is 1. The summed E-state index contributed by atoms with van der Waals surface area (Å²) in [6.07, 6.45) is 3.33. The van der Waals surface area contributed by atoms with E-state index in [0.29, 0.717) is 11.3 Å². The summed E-state index contributed by atoms with van der Waals surface area (Å²) in [4.78, 5) is 32.0. The highest BCUT2D eigenvalue weighted by atomic mass is 16.5. The number of ketones is 1. The van der Waals surface area contributed by atoms with Gasteiger partial charge in [-0.2, -0.15) is 0 Å². The van der Waals surface area contributed by atoms with E-state index in [4.69, 9.17) is 4.74 Å². The number of rotatable bonds is 5. The lowest BCUT2D eigenvalue weighted by Crippen LogP contribution is -2.29. The van der Waals surface area contributed by atoms with Gasteiger partial charge in [-0.3, -0.25) is 14.6 Å². The number of likely N-dealkylation sites (tertiary alicyclic amines) is 1. The van der Waals surface area contributed by atoms with Crippen molar-refractivity contribution >= 4 is 17.4 Å². The van der Waals surface area contributed by atoms with E-state index in [0.717, 1.165) is 16.7 Å². The molecule has 34 heavy (non-hydrogen) atoms. The number of carbonyl (C=O) groups excluding carboxylic acids is 2. The largest absolute Gasteiger partial charge is 0.507 e. The molecule has 1 saturated heterocycles. The molecule has 3 aromatic rings. The molecule has 0 saturated carbocycles. The van der Waals surface area contributed by atoms with E-state index in [2.05, 4.69) is 25.8 Å². The molecule has 1 aliphatic heterocycles. The van der Waals surface area contributed by atoms with Crippen molar-refractivity contribution in [2.75, 3.05) is 7.11 Å². The van der Waals surface area contributed by atoms with Gasteiger partial charge in [-0.05, 0) is 52.4 Å². The van der Waals surface area contributed by atoms with Crippen LogP contribution in [0.25, 0.3) is 5.76 Å². The number of aliphatic hydroxyl groups excluding tert-OH is 1. The van der Waals surface area contributed by atoms with Crippen LogP contribution < -0.4 is 4.74 Å². The van der Waals surface area contributed by atoms with Crippen molar-refractivity contribution in [1.29, 1.82) is 0 Å². The normalized spacial score (nSPS) is 17.8. The van der Waals surface area contributed by atoms with Crippen molar-refractivity contribution in [3.05, 3.63) is 101 Å². The first-order valence-corrected chi connectivity index (χ1v) is 11.1. The van der Waals surface area contributed by atoms with E-state index in [9.17, 15) is 14.7 Å². The molecule has 1 unspecified atom stereocenters. The van der Waals surface area contributed by atoms with Crippen LogP contribution in [0, 0.1) is 0 Å². The summed E-state index contributed by atoms with van der Waals surface area (Å²) >= 11 is 0. The van der Waals surface area contributed by atoms with E-state index in [1.165, 1.54) is 4.90 Å². The number of ether oxygens (including phenoxy) is 1. The second-order valence-electron chi connectivity index (χ2n) is 9.39. The molecule has 1 aliphatic rings. The molecule has 1 amide bonds. The topological polar surface area (TPSA) is 79.7 Å². The Hall–Kier alpha value is -3.93. The minimum atomic E-state index is -0.726. The van der Waals surface area contributed by atoms with Gasteiger partial charge in [-0.15, -0.1) is 0 Å². The summed E-state index contributed by atoms with van der Waals surface area (Å²) in [5.74, 6) is -0.937. The van der Waals surface area contributed by atoms with E-state index in [1.807, 2.05) is 30.3 Å². The number of methoxy groups -OCH3 is 1. The zero-order chi connectivity index (χ0) is 24.5. The number of hydrogen-bond acceptors (Lipinski definition) is 5. The van der Waals surface area contributed by atoms with Gasteiger partial charge in [0.1, 0.15) is 11.5 Å². The first kappa shape index (κ1) is 23.2. The van der Waals surface area contributed by atoms with Gasteiger partial charge in [0.2, 0.25) is 0 Å². The summed E-state index contributed by atoms with van der Waals surface area (Å²) in [5.41, 5.74) is 3.16. The van der Waals surface area contributed by atoms with Crippen molar-refractivity contribution in [3.8, 4) is 5.75 Å². The number of amides is 1. The minimum absolute atomic E-state index is 0.0425. The van der Waals surface area contributed by atoms with Crippen molar-refractivity contribution in [1.82, 2.24) is 9.88 Å². The fourth-order valence-electron chi connectivity index (χ4n) is 4.15. The highest BCUT2D eigenvalue weighted by Gasteiger charge is 2.46. The van der Waals surface area contributed by atoms with Crippen LogP contribution in [-0.4, -0.2) is 33.8 Å². The maximum atomic E-state index is 13.2. The van der Waals surface area contributed by atoms with Crippen molar-refractivity contribution in [3.63, 3.8) is 0 Å². The maximum absolute atomic E-state index is 13.2. The van der Waals surface area contributed by atoms with Gasteiger partial charge in [-0.1, -0.05) is 51.1 Å². The fourth-order valence-corrected chi connectivity index (χ4v) is 4.15. The van der Waals surface area contributed by atoms with E-state index in [-0.39, 0.29) is 23.3 Å². The second kappa shape index (κ2) is 9.14. The summed E-state index contributed by atoms with van der Waals surface area (Å²) in [5, 5.41) is 11.2. The average Bonchev–Trinajstić information content (AvgIpc) is 3.09. The van der Waals surface area contributed by atoms with Crippen LogP contribution in [0.4, 0.5) is 0 Å². The van der Waals surface area contributed by atoms with Crippen molar-refractivity contribution in [2.24, 2.45) is 0 Å². The Bertz CT molecular complexity index is 1220. The van der Waals surface area contributed by atoms with E-state index in [1.54, 1.807) is 49.8 Å². The molecule has 2 aromatic carbocycles. The number of benzene rings is 2. The van der Waals surface area contributed by atoms with Gasteiger partial charge in [0.25, 0.3) is 11.7 Å². The Labute approximate surface area is 199 Å². The molecule has 2 heterocycles. The standard InChI is InChI=1S/C28H28N2O4/c1-28(2,3)21-11-7-19(8-12-21)24-23(25(31)20-9-13-22(34-4)14-10-20)26(32)27(33)30(24)17-18-6-5-15-29-16-18/h5-16,24,31H,17H2,1-4H3/b25-23+. The highest BCUT2D eigenvalue weighted by molar-refractivity contribution is 6.46. The quantitative estimate of drug-likeness (QED) is 0.332. The molecule has 6 heteroatoms. The van der Waals surface area contributed by atoms with Crippen LogP contribution >= 0.6 is 0 Å². The number of aromatic nitrogens is 1. The second-order valence-corrected chi connectivity index (χ2v) is 9.39. The van der Waals surface area contributed by atoms with Crippen LogP contribution in [-0.2, 0) is 21.5 Å². The predicted molar refractivity (Wildman–Crippen MR) is 130 cm³/mol. The minimum Gasteiger partial charge on any atom is -0.507 e. The first-order valence-electron chi connectivity index (χ1n) is 11.1. The molecule has 1 atom stereocenters. The number of hydrogen-bond donors (Lipinski definition) is 1. The summed E-state index contributed by atoms with van der Waals surface area (Å²) < 4.78 is 5.19. The van der Waals surface area contributed by atoms with Crippen molar-refractivity contribution < 1.29 is 19.4 Å². The zero-order valence-electron chi connectivity index (χ0n) is 19.8. The molecule has 0 aliphatic carbocycles. The molecule has 1 fully saturated rings. The van der Waals surface area contributed by atoms with E-state index < -0.39 is 17.7 Å². The Morgan fingerprint density at radius 3 is 2.26 bits per heavy atom. The van der Waals surface area contributed by atoms with E-state index >= 15 is 0 Å². The van der Waals surface area contributed by atoms with Gasteiger partial charge in [-0.25, -0.2) is 0 Å². The lowest BCUT2D eigenvalue weighted by Gasteiger charge is -2.26. The third-order valence-electron chi connectivity index (χ3n) is 6.07. The smallest absolute Gasteiger partial charge is 0.295 e. The van der Waals surface area contributed by atoms with Crippen LogP contribution in [0.1, 0.15) is 49.1 Å². The van der Waals surface area contributed by atoms with Crippen LogP contribution in [0.5, 0.6) is 5.75 Å². The van der Waals surface area contributed by atoms with Crippen LogP contribution in [0.15, 0.2) is 78.6 Å². The Morgan fingerprint density at radius 1 is 1.03 bits per heavy atom. The molecule has 0 bridgehead atoms. The van der Waals surface area contributed by atoms with Gasteiger partial charge in [0.15, 0.2) is 0 Å². The number of carbonyl (C=O) groups is 2. The van der Waals surface area contributed by atoms with Crippen LogP contribution in [0.3, 0.4) is 0 Å². The van der Waals surface area contributed by atoms with Crippen LogP contribution in [0.2, 0.25) is 0 Å². The first-order chi connectivity index (χ1) is 16.2. The van der Waals surface area contributed by atoms with Gasteiger partial charge in [0.05, 0.1) is 18.7 Å². The molecule has 1 aromatic heterocycles. The molecular formula is C28H28N2O4. The maximum Gasteiger partial charge on any atom is 0.295 e. The monoisotopic (exact) mass is 456 g/mol. The van der Waals surface area contributed by atoms with Gasteiger partial charge in [0, 0.05) is 24.5 Å². The number of aliphatic hydroxyl groups is 1. The lowest BCUT2D eigenvalue weighted by molar-refractivity contribution is -0.140. The van der Waals surface area contributed by atoms with Gasteiger partial charge < -0.3 is 14.7 Å². The Kier molecular flexibility index (Phi) is 6.24. The molecule has 0 spiro atoms. The Morgan fingerprint density at radius 2 is 1.71 bits per heavy atom. The number of pyridine rings is 1. The zero-order valence-corrected chi connectivity index (χ0v) is 19.8. The fraction of sp³-hybridized carbons (Fsp3) is 0.250. The molecule has 0 radical (unpaired) electrons. The summed E-state index contributed by atoms with van der Waals surface area (Å²) in [6, 6.07) is 17.5. The summed E-state index contributed by atoms with van der Waals surface area (Å²) in [7, 11) is 1.56. The lowest BCUT2D eigenvalue weighted by atomic mass is 9.85. The molecule has 174 valence electrons. The molecule has 1 N–H and O–H groups in total. The summed E-state index contributed by atoms with van der Waals surface area (Å²) in [6.45, 7) is 6.57. The Balaban J connectivity index is 1.84. The number of nitrogens with zero attached hydrogens (tertiary/aromatic N) is 2. The third-order valence-corrected chi connectivity index (χ3v) is 6.07. The highest BCUT2D eigenvalue weighted by Crippen LogP contribution is 2.41. The average molecular weight is 457 g/mol. The SMILES string of the molecule is COc1ccc(/C(O)=C2\C(=O)C(=O)N(Cc3cccnc3)C2c2ccc(C(C)(C)C)cc2)cc1. The van der Waals surface area contributed by atoms with Gasteiger partial charge >= 0.3 is 0 Å².